The molecule has 4 heterocycles. The molecule has 0 amide bonds. The molecule has 1 fully saturated rings. The highest BCUT2D eigenvalue weighted by molar-refractivity contribution is 5.60. The lowest BCUT2D eigenvalue weighted by atomic mass is 9.96. The van der Waals surface area contributed by atoms with E-state index < -0.39 is 0 Å². The molecule has 164 valence electrons. The first-order chi connectivity index (χ1) is 15.7. The van der Waals surface area contributed by atoms with Crippen LogP contribution in [-0.2, 0) is 0 Å². The van der Waals surface area contributed by atoms with Crippen LogP contribution in [0.4, 0.5) is 16.0 Å². The fourth-order valence-electron chi connectivity index (χ4n) is 4.34. The largest absolute Gasteiger partial charge is 0.357 e. The third-order valence-corrected chi connectivity index (χ3v) is 6.14. The second-order valence-electron chi connectivity index (χ2n) is 8.12. The number of fused-ring (bicyclic) bond motifs is 1. The van der Waals surface area contributed by atoms with Crippen molar-refractivity contribution in [2.75, 3.05) is 36.0 Å². The van der Waals surface area contributed by atoms with E-state index in [0.29, 0.717) is 23.0 Å². The number of piperidine rings is 1. The van der Waals surface area contributed by atoms with Crippen molar-refractivity contribution in [3.63, 3.8) is 0 Å². The molecule has 5 rings (SSSR count). The predicted molar refractivity (Wildman–Crippen MR) is 123 cm³/mol. The molecular weight excluding hydrogens is 405 g/mol. The molecule has 0 spiro atoms. The summed E-state index contributed by atoms with van der Waals surface area (Å²) in [7, 11) is 0. The van der Waals surface area contributed by atoms with E-state index in [0.717, 1.165) is 50.7 Å². The summed E-state index contributed by atoms with van der Waals surface area (Å²) in [6.07, 6.45) is 4.08. The first-order valence-corrected chi connectivity index (χ1v) is 11.1. The Morgan fingerprint density at radius 1 is 1.00 bits per heavy atom. The maximum Gasteiger partial charge on any atom is 0.188 e. The van der Waals surface area contributed by atoms with Gasteiger partial charge in [-0.05, 0) is 62.1 Å². The average molecular weight is 432 g/mol. The van der Waals surface area contributed by atoms with Gasteiger partial charge in [-0.15, -0.1) is 15.3 Å². The molecule has 1 aliphatic rings. The molecule has 0 unspecified atom stereocenters. The van der Waals surface area contributed by atoms with Gasteiger partial charge in [0.2, 0.25) is 0 Å². The number of halogens is 1. The zero-order valence-electron chi connectivity index (χ0n) is 18.1. The second kappa shape index (κ2) is 8.90. The number of hydrogen-bond donors (Lipinski definition) is 0. The van der Waals surface area contributed by atoms with Crippen molar-refractivity contribution in [1.29, 1.82) is 0 Å². The number of aromatic nitrogens is 5. The highest BCUT2D eigenvalue weighted by Crippen LogP contribution is 2.25. The van der Waals surface area contributed by atoms with E-state index in [2.05, 4.69) is 38.0 Å². The van der Waals surface area contributed by atoms with Crippen molar-refractivity contribution in [3.8, 4) is 11.4 Å². The zero-order valence-corrected chi connectivity index (χ0v) is 18.1. The van der Waals surface area contributed by atoms with E-state index in [1.807, 2.05) is 30.5 Å². The van der Waals surface area contributed by atoms with Gasteiger partial charge in [0, 0.05) is 32.4 Å². The van der Waals surface area contributed by atoms with Crippen molar-refractivity contribution < 1.29 is 4.39 Å². The van der Waals surface area contributed by atoms with Crippen LogP contribution in [0.25, 0.3) is 17.0 Å². The Morgan fingerprint density at radius 2 is 1.81 bits per heavy atom. The summed E-state index contributed by atoms with van der Waals surface area (Å²) in [6, 6.07) is 16.5. The quantitative estimate of drug-likeness (QED) is 0.459. The molecule has 1 aromatic carbocycles. The highest BCUT2D eigenvalue weighted by Gasteiger charge is 2.23. The van der Waals surface area contributed by atoms with Gasteiger partial charge in [0.05, 0.1) is 5.56 Å². The van der Waals surface area contributed by atoms with Gasteiger partial charge in [-0.2, -0.15) is 4.52 Å². The molecule has 0 saturated carbocycles. The lowest BCUT2D eigenvalue weighted by Gasteiger charge is -2.35. The molecule has 4 aromatic rings. The average Bonchev–Trinajstić information content (AvgIpc) is 3.27. The van der Waals surface area contributed by atoms with Gasteiger partial charge < -0.3 is 9.80 Å². The summed E-state index contributed by atoms with van der Waals surface area (Å²) >= 11 is 0. The fraction of sp³-hybridized carbons (Fsp3) is 0.333. The third kappa shape index (κ3) is 4.00. The molecule has 0 N–H and O–H groups in total. The van der Waals surface area contributed by atoms with E-state index in [-0.39, 0.29) is 5.82 Å². The van der Waals surface area contributed by atoms with Gasteiger partial charge in [0.1, 0.15) is 17.5 Å². The lowest BCUT2D eigenvalue weighted by Crippen LogP contribution is -2.39. The van der Waals surface area contributed by atoms with Crippen LogP contribution in [0.2, 0.25) is 0 Å². The van der Waals surface area contributed by atoms with Crippen LogP contribution in [0.1, 0.15) is 19.8 Å². The molecule has 1 aliphatic heterocycles. The van der Waals surface area contributed by atoms with Crippen molar-refractivity contribution in [3.05, 3.63) is 66.6 Å². The summed E-state index contributed by atoms with van der Waals surface area (Å²) in [4.78, 5) is 9.12. The van der Waals surface area contributed by atoms with Crippen LogP contribution >= 0.6 is 0 Å². The normalized spacial score (nSPS) is 14.8. The topological polar surface area (TPSA) is 62.5 Å². The zero-order chi connectivity index (χ0) is 21.9. The van der Waals surface area contributed by atoms with Crippen molar-refractivity contribution in [1.82, 2.24) is 24.8 Å². The maximum atomic E-state index is 14.3. The number of nitrogens with zero attached hydrogens (tertiary/aromatic N) is 7. The van der Waals surface area contributed by atoms with Crippen LogP contribution in [0.3, 0.4) is 0 Å². The molecule has 0 bridgehead atoms. The molecule has 1 saturated heterocycles. The summed E-state index contributed by atoms with van der Waals surface area (Å²) in [5.41, 5.74) is 1.00. The van der Waals surface area contributed by atoms with E-state index in [9.17, 15) is 4.39 Å². The molecule has 32 heavy (non-hydrogen) atoms. The number of anilines is 2. The minimum atomic E-state index is -0.332. The smallest absolute Gasteiger partial charge is 0.188 e. The van der Waals surface area contributed by atoms with Gasteiger partial charge in [0.15, 0.2) is 11.5 Å². The monoisotopic (exact) mass is 431 g/mol. The molecule has 0 aliphatic carbocycles. The molecule has 7 nitrogen and oxygen atoms in total. The molecular formula is C24H26FN7. The SMILES string of the molecule is CCN(CC1CCN(c2ccccn2)CC1)c1ccc2nnc(-c3ccccc3F)n2n1. The van der Waals surface area contributed by atoms with Crippen molar-refractivity contribution in [2.45, 2.75) is 19.8 Å². The Bertz CT molecular complexity index is 1190. The van der Waals surface area contributed by atoms with Crippen LogP contribution in [0.15, 0.2) is 60.8 Å². The molecule has 3 aromatic heterocycles. The van der Waals surface area contributed by atoms with Crippen molar-refractivity contribution >= 4 is 17.3 Å². The predicted octanol–water partition coefficient (Wildman–Crippen LogP) is 4.07. The van der Waals surface area contributed by atoms with Gasteiger partial charge in [-0.1, -0.05) is 18.2 Å². The summed E-state index contributed by atoms with van der Waals surface area (Å²) < 4.78 is 16.0. The first kappa shape index (κ1) is 20.4. The standard InChI is InChI=1S/C24H26FN7/c1-2-30(17-18-12-15-31(16-13-18)21-9-5-6-14-26-21)23-11-10-22-27-28-24(32(22)29-23)19-7-3-4-8-20(19)25/h3-11,14,18H,2,12-13,15-17H2,1H3. The summed E-state index contributed by atoms with van der Waals surface area (Å²) in [5, 5.41) is 13.1. The maximum absolute atomic E-state index is 14.3. The minimum Gasteiger partial charge on any atom is -0.357 e. The second-order valence-corrected chi connectivity index (χ2v) is 8.12. The Morgan fingerprint density at radius 3 is 2.56 bits per heavy atom. The minimum absolute atomic E-state index is 0.332. The van der Waals surface area contributed by atoms with E-state index in [1.165, 1.54) is 6.07 Å². The number of hydrogen-bond acceptors (Lipinski definition) is 6. The van der Waals surface area contributed by atoms with Crippen LogP contribution in [-0.4, -0.2) is 51.0 Å². The Labute approximate surface area is 186 Å². The van der Waals surface area contributed by atoms with E-state index in [4.69, 9.17) is 5.10 Å². The van der Waals surface area contributed by atoms with Gasteiger partial charge in [0.25, 0.3) is 0 Å². The van der Waals surface area contributed by atoms with Crippen LogP contribution in [0.5, 0.6) is 0 Å². The Hall–Kier alpha value is -3.55. The number of rotatable bonds is 6. The Kier molecular flexibility index (Phi) is 5.66. The molecule has 0 radical (unpaired) electrons. The fourth-order valence-corrected chi connectivity index (χ4v) is 4.34. The van der Waals surface area contributed by atoms with E-state index in [1.54, 1.807) is 22.7 Å². The molecule has 8 heteroatoms. The third-order valence-electron chi connectivity index (χ3n) is 6.14. The van der Waals surface area contributed by atoms with Crippen LogP contribution < -0.4 is 9.80 Å². The van der Waals surface area contributed by atoms with E-state index >= 15 is 0 Å². The Balaban J connectivity index is 1.33. The first-order valence-electron chi connectivity index (χ1n) is 11.1. The van der Waals surface area contributed by atoms with Gasteiger partial charge in [-0.25, -0.2) is 9.37 Å². The highest BCUT2D eigenvalue weighted by atomic mass is 19.1. The van der Waals surface area contributed by atoms with Gasteiger partial charge >= 0.3 is 0 Å². The number of pyridine rings is 1. The van der Waals surface area contributed by atoms with Gasteiger partial charge in [-0.3, -0.25) is 0 Å². The summed E-state index contributed by atoms with van der Waals surface area (Å²) in [6.45, 7) is 5.93. The van der Waals surface area contributed by atoms with Crippen LogP contribution in [0, 0.1) is 11.7 Å². The molecule has 0 atom stereocenters. The summed E-state index contributed by atoms with van der Waals surface area (Å²) in [5.74, 6) is 2.57. The van der Waals surface area contributed by atoms with Crippen molar-refractivity contribution in [2.24, 2.45) is 5.92 Å². The number of benzene rings is 1. The lowest BCUT2D eigenvalue weighted by molar-refractivity contribution is 0.402.